The van der Waals surface area contributed by atoms with Gasteiger partial charge in [-0.15, -0.1) is 0 Å². The number of ether oxygens (including phenoxy) is 1. The highest BCUT2D eigenvalue weighted by atomic mass is 28.4. The van der Waals surface area contributed by atoms with Gasteiger partial charge in [0.1, 0.15) is 18.0 Å². The predicted octanol–water partition coefficient (Wildman–Crippen LogP) is 5.14. The molecule has 0 aromatic heterocycles. The minimum Gasteiger partial charge on any atom is -0.414 e. The number of hydrogen-bond donors (Lipinski definition) is 1. The number of rotatable bonds is 6. The fraction of sp³-hybridized carbons (Fsp3) is 0.905. The normalized spacial score (nSPS) is 29.3. The lowest BCUT2D eigenvalue weighted by molar-refractivity contribution is -0.0727. The van der Waals surface area contributed by atoms with Crippen molar-refractivity contribution in [1.82, 2.24) is 10.2 Å². The summed E-state index contributed by atoms with van der Waals surface area (Å²) in [6.45, 7) is 22.2. The van der Waals surface area contributed by atoms with Gasteiger partial charge in [-0.2, -0.15) is 0 Å². The van der Waals surface area contributed by atoms with Crippen LogP contribution in [0.4, 0.5) is 8.78 Å². The second-order valence-corrected chi connectivity index (χ2v) is 21.2. The van der Waals surface area contributed by atoms with Crippen LogP contribution in [0.25, 0.3) is 0 Å². The van der Waals surface area contributed by atoms with Gasteiger partial charge in [0.05, 0.1) is 19.8 Å². The van der Waals surface area contributed by atoms with Crippen LogP contribution in [0.15, 0.2) is 12.0 Å². The maximum Gasteiger partial charge on any atom is 0.192 e. The molecule has 9 heteroatoms. The maximum atomic E-state index is 15.7. The molecule has 30 heavy (non-hydrogen) atoms. The lowest BCUT2D eigenvalue weighted by atomic mass is 10.1. The molecule has 1 fully saturated rings. The maximum absolute atomic E-state index is 15.7. The Morgan fingerprint density at radius 3 is 2.17 bits per heavy atom. The van der Waals surface area contributed by atoms with Crippen molar-refractivity contribution >= 4 is 16.6 Å². The number of alkyl halides is 1. The topological polar surface area (TPSA) is 43.0 Å². The van der Waals surface area contributed by atoms with Crippen molar-refractivity contribution in [1.29, 1.82) is 0 Å². The second kappa shape index (κ2) is 8.90. The Morgan fingerprint density at radius 2 is 1.67 bits per heavy atom. The van der Waals surface area contributed by atoms with Crippen molar-refractivity contribution in [2.24, 2.45) is 0 Å². The summed E-state index contributed by atoms with van der Waals surface area (Å²) in [6, 6.07) is 0. The highest BCUT2D eigenvalue weighted by Crippen LogP contribution is 2.42. The quantitative estimate of drug-likeness (QED) is 0.552. The van der Waals surface area contributed by atoms with Gasteiger partial charge in [-0.3, -0.25) is 5.32 Å². The Bertz CT molecular complexity index is 633. The van der Waals surface area contributed by atoms with E-state index < -0.39 is 41.2 Å². The van der Waals surface area contributed by atoms with E-state index in [4.69, 9.17) is 13.6 Å². The molecule has 0 aromatic rings. The van der Waals surface area contributed by atoms with E-state index in [1.165, 1.54) is 6.20 Å². The van der Waals surface area contributed by atoms with Crippen LogP contribution in [0.2, 0.25) is 36.3 Å². The third-order valence-electron chi connectivity index (χ3n) is 7.14. The Kier molecular flexibility index (Phi) is 7.69. The highest BCUT2D eigenvalue weighted by molar-refractivity contribution is 6.74. The Labute approximate surface area is 183 Å². The number of nitrogens with one attached hydrogen (secondary N) is 1. The Hall–Kier alpha value is -0.326. The van der Waals surface area contributed by atoms with Crippen molar-refractivity contribution in [3.8, 4) is 0 Å². The molecule has 2 aliphatic rings. The van der Waals surface area contributed by atoms with E-state index in [0.717, 1.165) is 0 Å². The standard InChI is InChI=1S/C21H42F2N2O3Si2/c1-20(2,3)29(7,8)26-13-16-18(28-30(9,10)21(4,5)6)17(23)19(27-16)25-12-15(22)11-24-14-25/h12,16-19,24H,11,13-14H2,1-10H3/t16-,17+,18-,19-/m1/s1. The van der Waals surface area contributed by atoms with Gasteiger partial charge in [-0.25, -0.2) is 8.78 Å². The summed E-state index contributed by atoms with van der Waals surface area (Å²) < 4.78 is 48.5. The molecular formula is C21H42F2N2O3Si2. The molecule has 4 atom stereocenters. The SMILES string of the molecule is CC(C)(C)[Si](C)(C)OC[C@H]1O[C@@H](N2C=C(F)CNC2)[C@@H](F)[C@@H]1O[Si](C)(C)C(C)(C)C. The largest absolute Gasteiger partial charge is 0.414 e. The molecule has 2 rings (SSSR count). The van der Waals surface area contributed by atoms with Gasteiger partial charge in [-0.1, -0.05) is 41.5 Å². The van der Waals surface area contributed by atoms with Crippen LogP contribution < -0.4 is 5.32 Å². The number of hydrogen-bond acceptors (Lipinski definition) is 5. The molecule has 0 spiro atoms. The number of nitrogens with zero attached hydrogens (tertiary/aromatic N) is 1. The van der Waals surface area contributed by atoms with Crippen molar-refractivity contribution in [3.63, 3.8) is 0 Å². The van der Waals surface area contributed by atoms with E-state index in [1.807, 2.05) is 0 Å². The van der Waals surface area contributed by atoms with Crippen molar-refractivity contribution in [2.45, 2.75) is 102 Å². The molecule has 176 valence electrons. The molecular weight excluding hydrogens is 422 g/mol. The predicted molar refractivity (Wildman–Crippen MR) is 123 cm³/mol. The first-order valence-electron chi connectivity index (χ1n) is 10.9. The molecule has 0 unspecified atom stereocenters. The molecule has 0 aliphatic carbocycles. The van der Waals surface area contributed by atoms with Crippen molar-refractivity contribution < 1.29 is 22.4 Å². The Morgan fingerprint density at radius 1 is 1.10 bits per heavy atom. The summed E-state index contributed by atoms with van der Waals surface area (Å²) >= 11 is 0. The molecule has 1 N–H and O–H groups in total. The summed E-state index contributed by atoms with van der Waals surface area (Å²) in [5, 5.41) is 2.92. The van der Waals surface area contributed by atoms with Crippen molar-refractivity contribution in [3.05, 3.63) is 12.0 Å². The van der Waals surface area contributed by atoms with E-state index in [1.54, 1.807) is 4.90 Å². The first kappa shape index (κ1) is 25.9. The zero-order valence-corrected chi connectivity index (χ0v) is 22.4. The fourth-order valence-corrected chi connectivity index (χ4v) is 5.33. The number of halogens is 2. The van der Waals surface area contributed by atoms with Crippen LogP contribution >= 0.6 is 0 Å². The molecule has 2 heterocycles. The van der Waals surface area contributed by atoms with Crippen LogP contribution in [0, 0.1) is 0 Å². The smallest absolute Gasteiger partial charge is 0.192 e. The lowest BCUT2D eigenvalue weighted by Gasteiger charge is -2.41. The van der Waals surface area contributed by atoms with E-state index in [0.29, 0.717) is 6.67 Å². The zero-order valence-electron chi connectivity index (χ0n) is 20.4. The third kappa shape index (κ3) is 5.72. The van der Waals surface area contributed by atoms with Crippen LogP contribution in [0.1, 0.15) is 41.5 Å². The van der Waals surface area contributed by atoms with Gasteiger partial charge in [0.2, 0.25) is 0 Å². The molecule has 2 aliphatic heterocycles. The van der Waals surface area contributed by atoms with Gasteiger partial charge in [-0.05, 0) is 36.3 Å². The van der Waals surface area contributed by atoms with Crippen LogP contribution in [-0.2, 0) is 13.6 Å². The molecule has 1 saturated heterocycles. The van der Waals surface area contributed by atoms with Gasteiger partial charge in [0, 0.05) is 6.20 Å². The van der Waals surface area contributed by atoms with Gasteiger partial charge in [0.25, 0.3) is 0 Å². The summed E-state index contributed by atoms with van der Waals surface area (Å²) in [4.78, 5) is 1.55. The lowest BCUT2D eigenvalue weighted by Crippen LogP contribution is -2.51. The monoisotopic (exact) mass is 464 g/mol. The zero-order chi connectivity index (χ0) is 23.1. The third-order valence-corrected chi connectivity index (χ3v) is 16.1. The van der Waals surface area contributed by atoms with Gasteiger partial charge >= 0.3 is 0 Å². The van der Waals surface area contributed by atoms with E-state index in [2.05, 4.69) is 73.0 Å². The van der Waals surface area contributed by atoms with Crippen LogP contribution in [0.3, 0.4) is 0 Å². The van der Waals surface area contributed by atoms with Crippen LogP contribution in [0.5, 0.6) is 0 Å². The molecule has 0 aromatic carbocycles. The molecule has 0 amide bonds. The minimum absolute atomic E-state index is 0.0402. The second-order valence-electron chi connectivity index (χ2n) is 11.6. The van der Waals surface area contributed by atoms with Crippen LogP contribution in [-0.4, -0.2) is 66.0 Å². The first-order valence-corrected chi connectivity index (χ1v) is 16.7. The van der Waals surface area contributed by atoms with E-state index >= 15 is 4.39 Å². The van der Waals surface area contributed by atoms with E-state index in [9.17, 15) is 4.39 Å². The first-order chi connectivity index (χ1) is 13.5. The molecule has 0 radical (unpaired) electrons. The fourth-order valence-electron chi connectivity index (χ4n) is 3.00. The van der Waals surface area contributed by atoms with Gasteiger partial charge in [0.15, 0.2) is 29.0 Å². The summed E-state index contributed by atoms with van der Waals surface area (Å²) in [5.41, 5.74) is 0. The van der Waals surface area contributed by atoms with E-state index in [-0.39, 0.29) is 29.1 Å². The minimum atomic E-state index is -2.25. The summed E-state index contributed by atoms with van der Waals surface area (Å²) in [7, 11) is -4.28. The average Bonchev–Trinajstić information content (AvgIpc) is 2.87. The van der Waals surface area contributed by atoms with Crippen molar-refractivity contribution in [2.75, 3.05) is 19.8 Å². The Balaban J connectivity index is 2.25. The summed E-state index contributed by atoms with van der Waals surface area (Å²) in [6.07, 6.45) is -2.22. The summed E-state index contributed by atoms with van der Waals surface area (Å²) in [5.74, 6) is -0.333. The molecule has 0 bridgehead atoms. The molecule has 0 saturated carbocycles. The van der Waals surface area contributed by atoms with Gasteiger partial charge < -0.3 is 18.5 Å². The highest BCUT2D eigenvalue weighted by Gasteiger charge is 2.53. The molecule has 5 nitrogen and oxygen atoms in total. The average molecular weight is 465 g/mol.